The number of carbonyl (C=O) groups excluding carboxylic acids is 6. The highest BCUT2D eigenvalue weighted by molar-refractivity contribution is 6.02. The minimum absolute atomic E-state index is 0.00544. The summed E-state index contributed by atoms with van der Waals surface area (Å²) in [6, 6.07) is 5.74. The number of carboxylic acid groups (broad SMARTS) is 3. The van der Waals surface area contributed by atoms with Crippen LogP contribution in [0.3, 0.4) is 0 Å². The average molecular weight is 717 g/mol. The predicted octanol–water partition coefficient (Wildman–Crippen LogP) is 2.58. The van der Waals surface area contributed by atoms with Crippen molar-refractivity contribution < 1.29 is 86.9 Å². The van der Waals surface area contributed by atoms with Gasteiger partial charge < -0.3 is 43.7 Å². The van der Waals surface area contributed by atoms with E-state index in [-0.39, 0.29) is 120 Å². The first kappa shape index (κ1) is 46.6. The lowest BCUT2D eigenvalue weighted by Crippen LogP contribution is -2.15. The van der Waals surface area contributed by atoms with Gasteiger partial charge in [-0.2, -0.15) is 0 Å². The number of carboxylic acids is 3. The van der Waals surface area contributed by atoms with Crippen molar-refractivity contribution in [1.82, 2.24) is 0 Å². The van der Waals surface area contributed by atoms with E-state index in [1.165, 1.54) is 18.2 Å². The zero-order chi connectivity index (χ0) is 38.3. The first-order chi connectivity index (χ1) is 23.7. The fraction of sp³-hybridized carbons (Fsp3) is 0.531. The maximum Gasteiger partial charge on any atom is 0.339 e. The molecule has 50 heavy (non-hydrogen) atoms. The van der Waals surface area contributed by atoms with Crippen molar-refractivity contribution in [2.45, 2.75) is 72.1 Å². The Morgan fingerprint density at radius 3 is 1.20 bits per heavy atom. The van der Waals surface area contributed by atoms with Gasteiger partial charge >= 0.3 is 53.7 Å². The zero-order valence-corrected chi connectivity index (χ0v) is 28.2. The van der Waals surface area contributed by atoms with Crippen molar-refractivity contribution >= 4 is 53.7 Å². The molecule has 0 saturated heterocycles. The van der Waals surface area contributed by atoms with E-state index >= 15 is 0 Å². The molecule has 18 nitrogen and oxygen atoms in total. The van der Waals surface area contributed by atoms with Crippen LogP contribution in [0.25, 0.3) is 0 Å². The van der Waals surface area contributed by atoms with Crippen LogP contribution in [0.15, 0.2) is 24.3 Å². The quantitative estimate of drug-likeness (QED) is 0.0936. The maximum atomic E-state index is 11.7. The third-order valence-corrected chi connectivity index (χ3v) is 5.36. The molecular weight excluding hydrogens is 672 g/mol. The number of aromatic carboxylic acids is 1. The van der Waals surface area contributed by atoms with E-state index in [0.29, 0.717) is 0 Å². The molecule has 0 aliphatic carbocycles. The molecule has 0 aromatic heterocycles. The van der Waals surface area contributed by atoms with Crippen LogP contribution in [0.4, 0.5) is 0 Å². The van der Waals surface area contributed by atoms with Gasteiger partial charge in [0.2, 0.25) is 0 Å². The standard InChI is InChI=1S/C13H14O6.C10H16O6.C9H14O6/c1-2-11(14)18-7-8-19-13(17)10-6-4-3-5-9(10)12(15)16;1-2-9(13)15-6-7-16-10(14)5-3-4-8(11)12;1-2-8(12)14-5-6-15-9(13)4-3-7(10)11/h3-6H,2,7-8H2,1H3,(H,15,16);2-7H2,1H3,(H,11,12);2-6H2,1H3,(H,10,11). The summed E-state index contributed by atoms with van der Waals surface area (Å²) >= 11 is 0. The molecule has 0 spiro atoms. The summed E-state index contributed by atoms with van der Waals surface area (Å²) in [5, 5.41) is 25.5. The summed E-state index contributed by atoms with van der Waals surface area (Å²) < 4.78 is 28.2. The fourth-order valence-corrected chi connectivity index (χ4v) is 2.88. The fourth-order valence-electron chi connectivity index (χ4n) is 2.88. The summed E-state index contributed by atoms with van der Waals surface area (Å²) in [5.41, 5.74) is -0.158. The lowest BCUT2D eigenvalue weighted by atomic mass is 10.1. The van der Waals surface area contributed by atoms with Gasteiger partial charge in [0.05, 0.1) is 24.0 Å². The summed E-state index contributed by atoms with van der Waals surface area (Å²) in [7, 11) is 0. The second-order valence-corrected chi connectivity index (χ2v) is 9.29. The summed E-state index contributed by atoms with van der Waals surface area (Å²) in [6.45, 7) is 4.83. The number of esters is 6. The van der Waals surface area contributed by atoms with Crippen molar-refractivity contribution in [1.29, 1.82) is 0 Å². The maximum absolute atomic E-state index is 11.7. The van der Waals surface area contributed by atoms with Crippen molar-refractivity contribution in [3.8, 4) is 0 Å². The lowest BCUT2D eigenvalue weighted by Gasteiger charge is -2.07. The van der Waals surface area contributed by atoms with Gasteiger partial charge in [0.1, 0.15) is 39.6 Å². The van der Waals surface area contributed by atoms with Crippen molar-refractivity contribution in [3.63, 3.8) is 0 Å². The van der Waals surface area contributed by atoms with Crippen LogP contribution in [0.5, 0.6) is 0 Å². The van der Waals surface area contributed by atoms with Gasteiger partial charge in [0.25, 0.3) is 0 Å². The second-order valence-electron chi connectivity index (χ2n) is 9.29. The molecular formula is C32H44O18. The van der Waals surface area contributed by atoms with E-state index < -0.39 is 35.8 Å². The molecule has 0 atom stereocenters. The van der Waals surface area contributed by atoms with Gasteiger partial charge in [-0.15, -0.1) is 0 Å². The molecule has 0 fully saturated rings. The predicted molar refractivity (Wildman–Crippen MR) is 168 cm³/mol. The first-order valence-corrected chi connectivity index (χ1v) is 15.4. The number of carbonyl (C=O) groups is 9. The molecule has 0 radical (unpaired) electrons. The van der Waals surface area contributed by atoms with Crippen molar-refractivity contribution in [2.24, 2.45) is 0 Å². The average Bonchev–Trinajstić information content (AvgIpc) is 3.09. The molecule has 3 N–H and O–H groups in total. The number of ether oxygens (including phenoxy) is 6. The van der Waals surface area contributed by atoms with E-state index in [9.17, 15) is 43.2 Å². The van der Waals surface area contributed by atoms with E-state index in [2.05, 4.69) is 14.2 Å². The smallest absolute Gasteiger partial charge is 0.339 e. The van der Waals surface area contributed by atoms with Crippen molar-refractivity contribution in [2.75, 3.05) is 39.6 Å². The molecule has 0 aliphatic heterocycles. The molecule has 0 unspecified atom stereocenters. The topological polar surface area (TPSA) is 270 Å². The zero-order valence-electron chi connectivity index (χ0n) is 28.2. The molecule has 1 aromatic rings. The summed E-state index contributed by atoms with van der Waals surface area (Å²) in [4.78, 5) is 96.7. The van der Waals surface area contributed by atoms with E-state index in [1.807, 2.05) is 0 Å². The molecule has 280 valence electrons. The Labute approximate surface area is 287 Å². The van der Waals surface area contributed by atoms with Crippen LogP contribution >= 0.6 is 0 Å². The highest BCUT2D eigenvalue weighted by Crippen LogP contribution is 2.10. The molecule has 0 amide bonds. The Bertz CT molecular complexity index is 1260. The highest BCUT2D eigenvalue weighted by Gasteiger charge is 2.17. The third-order valence-electron chi connectivity index (χ3n) is 5.36. The SMILES string of the molecule is CCC(=O)OCCOC(=O)CCC(=O)O.CCC(=O)OCCOC(=O)CCCC(=O)O.CCC(=O)OCCOC(=O)c1ccccc1C(=O)O. The molecule has 1 rings (SSSR count). The van der Waals surface area contributed by atoms with E-state index in [1.54, 1.807) is 26.8 Å². The minimum Gasteiger partial charge on any atom is -0.481 e. The van der Waals surface area contributed by atoms with Crippen LogP contribution in [0, 0.1) is 0 Å². The van der Waals surface area contributed by atoms with Gasteiger partial charge in [-0.1, -0.05) is 32.9 Å². The van der Waals surface area contributed by atoms with Gasteiger partial charge in [-0.05, 0) is 18.6 Å². The van der Waals surface area contributed by atoms with Gasteiger partial charge in [-0.25, -0.2) is 9.59 Å². The number of aliphatic carboxylic acids is 2. The Kier molecular flexibility index (Phi) is 27.5. The summed E-state index contributed by atoms with van der Waals surface area (Å²) in [5.74, 6) is -6.14. The molecule has 0 saturated carbocycles. The monoisotopic (exact) mass is 716 g/mol. The Morgan fingerprint density at radius 2 is 0.820 bits per heavy atom. The Balaban J connectivity index is 0. The minimum atomic E-state index is -1.20. The van der Waals surface area contributed by atoms with Gasteiger partial charge in [0.15, 0.2) is 0 Å². The van der Waals surface area contributed by atoms with E-state index in [0.717, 1.165) is 0 Å². The van der Waals surface area contributed by atoms with Crippen molar-refractivity contribution in [3.05, 3.63) is 35.4 Å². The Hall–Kier alpha value is -5.55. The number of rotatable bonds is 21. The number of hydrogen-bond donors (Lipinski definition) is 3. The largest absolute Gasteiger partial charge is 0.481 e. The second kappa shape index (κ2) is 29.6. The van der Waals surface area contributed by atoms with Crippen LogP contribution in [0.2, 0.25) is 0 Å². The third kappa shape index (κ3) is 27.6. The molecule has 1 aromatic carbocycles. The normalized spacial score (nSPS) is 9.58. The van der Waals surface area contributed by atoms with Crippen LogP contribution in [-0.2, 0) is 62.0 Å². The molecule has 0 bridgehead atoms. The van der Waals surface area contributed by atoms with Crippen LogP contribution in [-0.4, -0.2) is 109 Å². The highest BCUT2D eigenvalue weighted by atomic mass is 16.6. The first-order valence-electron chi connectivity index (χ1n) is 15.4. The lowest BCUT2D eigenvalue weighted by molar-refractivity contribution is -0.153. The Morgan fingerprint density at radius 1 is 0.460 bits per heavy atom. The van der Waals surface area contributed by atoms with Gasteiger partial charge in [-0.3, -0.25) is 33.6 Å². The number of benzene rings is 1. The summed E-state index contributed by atoms with van der Waals surface area (Å²) in [6.07, 6.45) is 0.636. The number of hydrogen-bond acceptors (Lipinski definition) is 15. The van der Waals surface area contributed by atoms with Gasteiger partial charge in [0, 0.05) is 32.1 Å². The molecule has 0 aliphatic rings. The van der Waals surface area contributed by atoms with Crippen LogP contribution < -0.4 is 0 Å². The molecule has 18 heteroatoms. The van der Waals surface area contributed by atoms with E-state index in [4.69, 9.17) is 29.5 Å². The van der Waals surface area contributed by atoms with Crippen LogP contribution in [0.1, 0.15) is 92.9 Å². The molecule has 0 heterocycles.